The number of hydrogen-bond donors (Lipinski definition) is 2. The zero-order chi connectivity index (χ0) is 13.8. The number of carbonyl (C=O) groups excluding carboxylic acids is 1. The highest BCUT2D eigenvalue weighted by molar-refractivity contribution is 5.96. The fourth-order valence-corrected chi connectivity index (χ4v) is 1.77. The monoisotopic (exact) mass is 259 g/mol. The predicted octanol–water partition coefficient (Wildman–Crippen LogP) is 0.678. The molecular weight excluding hydrogens is 242 g/mol. The summed E-state index contributed by atoms with van der Waals surface area (Å²) < 4.78 is 1.64. The Labute approximate surface area is 111 Å². The first kappa shape index (κ1) is 13.1. The Kier molecular flexibility index (Phi) is 3.79. The number of aromatic nitrogens is 3. The molecule has 0 aliphatic carbocycles. The van der Waals surface area contributed by atoms with Gasteiger partial charge in [-0.2, -0.15) is 5.10 Å². The second-order valence-electron chi connectivity index (χ2n) is 4.41. The van der Waals surface area contributed by atoms with Gasteiger partial charge in [-0.1, -0.05) is 6.07 Å². The van der Waals surface area contributed by atoms with Crippen LogP contribution in [0.15, 0.2) is 24.5 Å². The van der Waals surface area contributed by atoms with Crippen LogP contribution < -0.4 is 11.1 Å². The third kappa shape index (κ3) is 3.31. The summed E-state index contributed by atoms with van der Waals surface area (Å²) in [7, 11) is 1.81. The quantitative estimate of drug-likeness (QED) is 0.790. The summed E-state index contributed by atoms with van der Waals surface area (Å²) in [5, 5.41) is 6.99. The van der Waals surface area contributed by atoms with E-state index >= 15 is 0 Å². The molecule has 3 N–H and O–H groups in total. The summed E-state index contributed by atoms with van der Waals surface area (Å²) in [6, 6.07) is 5.30. The van der Waals surface area contributed by atoms with E-state index in [0.717, 1.165) is 5.56 Å². The minimum atomic E-state index is -0.124. The molecular formula is C13H17N5O. The van der Waals surface area contributed by atoms with E-state index in [-0.39, 0.29) is 5.91 Å². The van der Waals surface area contributed by atoms with E-state index in [1.165, 1.54) is 0 Å². The zero-order valence-electron chi connectivity index (χ0n) is 11.1. The largest absolute Gasteiger partial charge is 0.399 e. The number of hydrogen-bond acceptors (Lipinski definition) is 4. The molecule has 100 valence electrons. The molecule has 0 saturated heterocycles. The maximum absolute atomic E-state index is 12.0. The molecule has 6 heteroatoms. The molecule has 19 heavy (non-hydrogen) atoms. The highest BCUT2D eigenvalue weighted by Crippen LogP contribution is 2.12. The van der Waals surface area contributed by atoms with Crippen molar-refractivity contribution in [1.29, 1.82) is 0 Å². The van der Waals surface area contributed by atoms with Crippen molar-refractivity contribution in [2.75, 3.05) is 12.3 Å². The number of carbonyl (C=O) groups is 1. The zero-order valence-corrected chi connectivity index (χ0v) is 11.1. The first-order chi connectivity index (χ1) is 9.06. The van der Waals surface area contributed by atoms with Crippen molar-refractivity contribution in [2.45, 2.75) is 13.3 Å². The van der Waals surface area contributed by atoms with Gasteiger partial charge in [0.15, 0.2) is 5.82 Å². The summed E-state index contributed by atoms with van der Waals surface area (Å²) in [6.45, 7) is 2.38. The molecule has 0 radical (unpaired) electrons. The van der Waals surface area contributed by atoms with Crippen molar-refractivity contribution in [3.05, 3.63) is 41.5 Å². The molecule has 1 aromatic carbocycles. The molecule has 6 nitrogen and oxygen atoms in total. The van der Waals surface area contributed by atoms with Gasteiger partial charge < -0.3 is 11.1 Å². The highest BCUT2D eigenvalue weighted by atomic mass is 16.1. The minimum Gasteiger partial charge on any atom is -0.399 e. The van der Waals surface area contributed by atoms with Crippen molar-refractivity contribution >= 4 is 11.6 Å². The highest BCUT2D eigenvalue weighted by Gasteiger charge is 2.09. The maximum atomic E-state index is 12.0. The molecule has 0 fully saturated rings. The standard InChI is InChI=1S/C13H17N5O/c1-9-3-4-10(14)7-11(9)13(19)15-6-5-12-16-8-18(2)17-12/h3-4,7-8H,5-6,14H2,1-2H3,(H,15,19). The van der Waals surface area contributed by atoms with E-state index in [0.29, 0.717) is 30.0 Å². The Balaban J connectivity index is 1.92. The van der Waals surface area contributed by atoms with Crippen LogP contribution in [0.4, 0.5) is 5.69 Å². The number of aryl methyl sites for hydroxylation is 2. The molecule has 0 bridgehead atoms. The lowest BCUT2D eigenvalue weighted by Gasteiger charge is -2.07. The first-order valence-electron chi connectivity index (χ1n) is 6.05. The number of nitrogens with one attached hydrogen (secondary N) is 1. The van der Waals surface area contributed by atoms with Crippen LogP contribution in [0.1, 0.15) is 21.7 Å². The predicted molar refractivity (Wildman–Crippen MR) is 72.6 cm³/mol. The molecule has 0 aliphatic heterocycles. The van der Waals surface area contributed by atoms with Crippen LogP contribution in [0.25, 0.3) is 0 Å². The number of rotatable bonds is 4. The second kappa shape index (κ2) is 5.51. The maximum Gasteiger partial charge on any atom is 0.251 e. The van der Waals surface area contributed by atoms with Gasteiger partial charge in [0.2, 0.25) is 0 Å². The fraction of sp³-hybridized carbons (Fsp3) is 0.308. The Bertz CT molecular complexity index is 590. The van der Waals surface area contributed by atoms with Gasteiger partial charge in [-0.05, 0) is 24.6 Å². The summed E-state index contributed by atoms with van der Waals surface area (Å²) in [5.74, 6) is 0.591. The molecule has 1 amide bonds. The number of benzene rings is 1. The molecule has 0 saturated carbocycles. The summed E-state index contributed by atoms with van der Waals surface area (Å²) in [5.41, 5.74) is 7.78. The second-order valence-corrected chi connectivity index (χ2v) is 4.41. The number of nitrogen functional groups attached to an aromatic ring is 1. The van der Waals surface area contributed by atoms with Crippen LogP contribution >= 0.6 is 0 Å². The lowest BCUT2D eigenvalue weighted by molar-refractivity contribution is 0.0953. The molecule has 1 aromatic heterocycles. The number of amides is 1. The van der Waals surface area contributed by atoms with Crippen LogP contribution in [0, 0.1) is 6.92 Å². The molecule has 2 aromatic rings. The Morgan fingerprint density at radius 2 is 2.26 bits per heavy atom. The lowest BCUT2D eigenvalue weighted by atomic mass is 10.1. The van der Waals surface area contributed by atoms with Gasteiger partial charge >= 0.3 is 0 Å². The van der Waals surface area contributed by atoms with Crippen molar-refractivity contribution in [2.24, 2.45) is 7.05 Å². The van der Waals surface area contributed by atoms with E-state index in [9.17, 15) is 4.79 Å². The molecule has 0 unspecified atom stereocenters. The van der Waals surface area contributed by atoms with Crippen molar-refractivity contribution < 1.29 is 4.79 Å². The molecule has 1 heterocycles. The average molecular weight is 259 g/mol. The van der Waals surface area contributed by atoms with Crippen LogP contribution in [0.5, 0.6) is 0 Å². The third-order valence-corrected chi connectivity index (χ3v) is 2.79. The van der Waals surface area contributed by atoms with Gasteiger partial charge in [0.1, 0.15) is 6.33 Å². The Morgan fingerprint density at radius 1 is 1.47 bits per heavy atom. The van der Waals surface area contributed by atoms with Gasteiger partial charge in [0.25, 0.3) is 5.91 Å². The van der Waals surface area contributed by atoms with Crippen LogP contribution in [-0.2, 0) is 13.5 Å². The molecule has 0 atom stereocenters. The normalized spacial score (nSPS) is 10.4. The smallest absolute Gasteiger partial charge is 0.251 e. The van der Waals surface area contributed by atoms with E-state index in [4.69, 9.17) is 5.73 Å². The van der Waals surface area contributed by atoms with Gasteiger partial charge in [0.05, 0.1) is 0 Å². The van der Waals surface area contributed by atoms with Crippen LogP contribution in [0.3, 0.4) is 0 Å². The van der Waals surface area contributed by atoms with E-state index in [1.807, 2.05) is 20.0 Å². The Morgan fingerprint density at radius 3 is 2.95 bits per heavy atom. The number of nitrogens with two attached hydrogens (primary N) is 1. The minimum absolute atomic E-state index is 0.124. The summed E-state index contributed by atoms with van der Waals surface area (Å²) in [4.78, 5) is 16.1. The van der Waals surface area contributed by atoms with Gasteiger partial charge in [-0.15, -0.1) is 0 Å². The number of anilines is 1. The van der Waals surface area contributed by atoms with E-state index < -0.39 is 0 Å². The van der Waals surface area contributed by atoms with Crippen LogP contribution in [-0.4, -0.2) is 27.2 Å². The van der Waals surface area contributed by atoms with Gasteiger partial charge in [0, 0.05) is 31.3 Å². The van der Waals surface area contributed by atoms with Crippen molar-refractivity contribution in [3.63, 3.8) is 0 Å². The fourth-order valence-electron chi connectivity index (χ4n) is 1.77. The lowest BCUT2D eigenvalue weighted by Crippen LogP contribution is -2.26. The van der Waals surface area contributed by atoms with Crippen LogP contribution in [0.2, 0.25) is 0 Å². The summed E-state index contributed by atoms with van der Waals surface area (Å²) in [6.07, 6.45) is 2.24. The van der Waals surface area contributed by atoms with Gasteiger partial charge in [-0.3, -0.25) is 9.48 Å². The SMILES string of the molecule is Cc1ccc(N)cc1C(=O)NCCc1ncn(C)n1. The van der Waals surface area contributed by atoms with Crippen molar-refractivity contribution in [3.8, 4) is 0 Å². The van der Waals surface area contributed by atoms with E-state index in [2.05, 4.69) is 15.4 Å². The van der Waals surface area contributed by atoms with Crippen molar-refractivity contribution in [1.82, 2.24) is 20.1 Å². The van der Waals surface area contributed by atoms with Gasteiger partial charge in [-0.25, -0.2) is 4.98 Å². The molecule has 0 spiro atoms. The Hall–Kier alpha value is -2.37. The third-order valence-electron chi connectivity index (χ3n) is 2.79. The molecule has 0 aliphatic rings. The van der Waals surface area contributed by atoms with E-state index in [1.54, 1.807) is 23.1 Å². The summed E-state index contributed by atoms with van der Waals surface area (Å²) >= 11 is 0. The molecule has 2 rings (SSSR count). The average Bonchev–Trinajstić information content (AvgIpc) is 2.78. The topological polar surface area (TPSA) is 85.8 Å². The first-order valence-corrected chi connectivity index (χ1v) is 6.05. The number of nitrogens with zero attached hydrogens (tertiary/aromatic N) is 3.